The molecule has 0 atom stereocenters. The van der Waals surface area contributed by atoms with Gasteiger partial charge in [-0.05, 0) is 51.4 Å². The molecule has 3 nitrogen and oxygen atoms in total. The smallest absolute Gasteiger partial charge is 0.195 e. The number of aromatic nitrogens is 3. The third-order valence-corrected chi connectivity index (χ3v) is 3.59. The normalized spacial score (nSPS) is 11.7. The van der Waals surface area contributed by atoms with Crippen molar-refractivity contribution in [1.82, 2.24) is 14.8 Å². The zero-order valence-electron chi connectivity index (χ0n) is 11.1. The number of hydrogen-bond donors (Lipinski definition) is 1. The van der Waals surface area contributed by atoms with Gasteiger partial charge in [-0.3, -0.25) is 9.67 Å². The van der Waals surface area contributed by atoms with Crippen LogP contribution in [0.15, 0.2) is 30.3 Å². The molecule has 0 saturated heterocycles. The van der Waals surface area contributed by atoms with Crippen LogP contribution in [0, 0.1) is 11.7 Å². The van der Waals surface area contributed by atoms with Gasteiger partial charge in [0.1, 0.15) is 5.82 Å². The molecule has 0 unspecified atom stereocenters. The summed E-state index contributed by atoms with van der Waals surface area (Å²) in [4.78, 5) is 0. The Kier molecular flexibility index (Phi) is 3.66. The SMILES string of the molecule is Cc1n[nH]c(=S)n1C(C)(C)CCc1ccccc1. The van der Waals surface area contributed by atoms with E-state index in [2.05, 4.69) is 52.9 Å². The Hall–Kier alpha value is -1.42. The number of rotatable bonds is 4. The van der Waals surface area contributed by atoms with Gasteiger partial charge in [0.05, 0.1) is 0 Å². The molecule has 1 aromatic carbocycles. The summed E-state index contributed by atoms with van der Waals surface area (Å²) in [5.74, 6) is 0.943. The predicted molar refractivity (Wildman–Crippen MR) is 76.2 cm³/mol. The highest BCUT2D eigenvalue weighted by atomic mass is 32.1. The molecule has 1 aromatic heterocycles. The molecule has 0 saturated carbocycles. The van der Waals surface area contributed by atoms with Crippen LogP contribution in [0.1, 0.15) is 31.7 Å². The minimum atomic E-state index is -0.0238. The minimum absolute atomic E-state index is 0.0238. The van der Waals surface area contributed by atoms with Crippen molar-refractivity contribution in [1.29, 1.82) is 0 Å². The van der Waals surface area contributed by atoms with Crippen LogP contribution < -0.4 is 0 Å². The number of nitrogens with zero attached hydrogens (tertiary/aromatic N) is 2. The monoisotopic (exact) mass is 261 g/mol. The summed E-state index contributed by atoms with van der Waals surface area (Å²) < 4.78 is 2.80. The quantitative estimate of drug-likeness (QED) is 0.853. The van der Waals surface area contributed by atoms with Crippen molar-refractivity contribution in [3.05, 3.63) is 46.5 Å². The second kappa shape index (κ2) is 5.06. The van der Waals surface area contributed by atoms with Gasteiger partial charge in [0.25, 0.3) is 0 Å². The largest absolute Gasteiger partial charge is 0.299 e. The number of hydrogen-bond acceptors (Lipinski definition) is 2. The first-order valence-corrected chi connectivity index (χ1v) is 6.60. The van der Waals surface area contributed by atoms with Crippen molar-refractivity contribution in [3.63, 3.8) is 0 Å². The maximum Gasteiger partial charge on any atom is 0.195 e. The molecule has 96 valence electrons. The van der Waals surface area contributed by atoms with Gasteiger partial charge in [-0.1, -0.05) is 30.3 Å². The van der Waals surface area contributed by atoms with Gasteiger partial charge in [0, 0.05) is 5.54 Å². The van der Waals surface area contributed by atoms with Crippen LogP contribution in [0.2, 0.25) is 0 Å². The fraction of sp³-hybridized carbons (Fsp3) is 0.429. The van der Waals surface area contributed by atoms with Gasteiger partial charge in [0.2, 0.25) is 0 Å². The molecule has 18 heavy (non-hydrogen) atoms. The Morgan fingerprint density at radius 1 is 1.28 bits per heavy atom. The average molecular weight is 261 g/mol. The van der Waals surface area contributed by atoms with E-state index in [0.717, 1.165) is 18.7 Å². The van der Waals surface area contributed by atoms with Crippen LogP contribution >= 0.6 is 12.2 Å². The zero-order chi connectivity index (χ0) is 13.2. The van der Waals surface area contributed by atoms with E-state index in [1.807, 2.05) is 13.0 Å². The van der Waals surface area contributed by atoms with Gasteiger partial charge in [-0.15, -0.1) is 0 Å². The molecule has 1 N–H and O–H groups in total. The standard InChI is InChI=1S/C14H19N3S/c1-11-15-16-13(18)17(11)14(2,3)10-9-12-7-5-4-6-8-12/h4-8H,9-10H2,1-3H3,(H,16,18). The Morgan fingerprint density at radius 3 is 2.50 bits per heavy atom. The second-order valence-electron chi connectivity index (χ2n) is 5.21. The van der Waals surface area contributed by atoms with Crippen molar-refractivity contribution >= 4 is 12.2 Å². The van der Waals surface area contributed by atoms with Gasteiger partial charge >= 0.3 is 0 Å². The van der Waals surface area contributed by atoms with E-state index in [1.54, 1.807) is 0 Å². The number of nitrogens with one attached hydrogen (secondary N) is 1. The van der Waals surface area contributed by atoms with Crippen molar-refractivity contribution in [2.24, 2.45) is 0 Å². The van der Waals surface area contributed by atoms with Crippen LogP contribution in [-0.2, 0) is 12.0 Å². The molecule has 0 spiro atoms. The van der Waals surface area contributed by atoms with E-state index in [1.165, 1.54) is 5.56 Å². The van der Waals surface area contributed by atoms with Crippen molar-refractivity contribution in [3.8, 4) is 0 Å². The lowest BCUT2D eigenvalue weighted by molar-refractivity contribution is 0.317. The van der Waals surface area contributed by atoms with Crippen LogP contribution in [-0.4, -0.2) is 14.8 Å². The third-order valence-electron chi connectivity index (χ3n) is 3.31. The summed E-state index contributed by atoms with van der Waals surface area (Å²) in [5.41, 5.74) is 1.34. The molecule has 0 bridgehead atoms. The molecule has 0 amide bonds. The molecule has 0 radical (unpaired) electrons. The van der Waals surface area contributed by atoms with E-state index in [-0.39, 0.29) is 5.54 Å². The number of aryl methyl sites for hydroxylation is 2. The third kappa shape index (κ3) is 2.70. The van der Waals surface area contributed by atoms with Crippen molar-refractivity contribution in [2.75, 3.05) is 0 Å². The van der Waals surface area contributed by atoms with Gasteiger partial charge in [0.15, 0.2) is 4.77 Å². The van der Waals surface area contributed by atoms with Crippen molar-refractivity contribution in [2.45, 2.75) is 39.2 Å². The lowest BCUT2D eigenvalue weighted by Crippen LogP contribution is -2.28. The van der Waals surface area contributed by atoms with E-state index < -0.39 is 0 Å². The number of benzene rings is 1. The predicted octanol–water partition coefficient (Wildman–Crippen LogP) is 3.62. The lowest BCUT2D eigenvalue weighted by atomic mass is 9.95. The Labute approximate surface area is 113 Å². The summed E-state index contributed by atoms with van der Waals surface area (Å²) in [6, 6.07) is 10.5. The number of H-pyrrole nitrogens is 1. The summed E-state index contributed by atoms with van der Waals surface area (Å²) in [6.07, 6.45) is 2.08. The first-order chi connectivity index (χ1) is 8.50. The van der Waals surface area contributed by atoms with Gasteiger partial charge < -0.3 is 0 Å². The maximum atomic E-state index is 5.30. The highest BCUT2D eigenvalue weighted by Gasteiger charge is 2.23. The topological polar surface area (TPSA) is 33.6 Å². The molecule has 0 fully saturated rings. The second-order valence-corrected chi connectivity index (χ2v) is 5.60. The van der Waals surface area contributed by atoms with Crippen LogP contribution in [0.3, 0.4) is 0 Å². The molecule has 4 heteroatoms. The van der Waals surface area contributed by atoms with Crippen LogP contribution in [0.4, 0.5) is 0 Å². The lowest BCUT2D eigenvalue weighted by Gasteiger charge is -2.27. The molecule has 0 aliphatic heterocycles. The highest BCUT2D eigenvalue weighted by molar-refractivity contribution is 7.71. The average Bonchev–Trinajstić information content (AvgIpc) is 2.69. The van der Waals surface area contributed by atoms with Gasteiger partial charge in [-0.2, -0.15) is 5.10 Å². The Bertz CT molecular complexity index is 566. The minimum Gasteiger partial charge on any atom is -0.299 e. The molecular formula is C14H19N3S. The van der Waals surface area contributed by atoms with Crippen LogP contribution in [0.25, 0.3) is 0 Å². The molecule has 0 aliphatic carbocycles. The zero-order valence-corrected chi connectivity index (χ0v) is 11.9. The maximum absolute atomic E-state index is 5.30. The fourth-order valence-electron chi connectivity index (χ4n) is 2.30. The van der Waals surface area contributed by atoms with Crippen LogP contribution in [0.5, 0.6) is 0 Å². The summed E-state index contributed by atoms with van der Waals surface area (Å²) in [7, 11) is 0. The molecular weight excluding hydrogens is 242 g/mol. The van der Waals surface area contributed by atoms with E-state index in [4.69, 9.17) is 12.2 Å². The molecule has 1 heterocycles. The van der Waals surface area contributed by atoms with E-state index in [9.17, 15) is 0 Å². The summed E-state index contributed by atoms with van der Waals surface area (Å²) in [5, 5.41) is 7.04. The summed E-state index contributed by atoms with van der Waals surface area (Å²) in [6.45, 7) is 6.39. The fourth-order valence-corrected chi connectivity index (χ4v) is 2.72. The van der Waals surface area contributed by atoms with E-state index >= 15 is 0 Å². The molecule has 2 rings (SSSR count). The molecule has 0 aliphatic rings. The van der Waals surface area contributed by atoms with E-state index in [0.29, 0.717) is 4.77 Å². The summed E-state index contributed by atoms with van der Waals surface area (Å²) >= 11 is 5.30. The Balaban J connectivity index is 2.15. The first kappa shape index (κ1) is 13.0. The van der Waals surface area contributed by atoms with Gasteiger partial charge in [-0.25, -0.2) is 0 Å². The molecule has 2 aromatic rings. The Morgan fingerprint density at radius 2 is 1.94 bits per heavy atom. The number of aromatic amines is 1. The van der Waals surface area contributed by atoms with Crippen molar-refractivity contribution < 1.29 is 0 Å². The first-order valence-electron chi connectivity index (χ1n) is 6.19. The highest BCUT2D eigenvalue weighted by Crippen LogP contribution is 2.23.